The van der Waals surface area contributed by atoms with Crippen LogP contribution in [0.1, 0.15) is 11.1 Å². The van der Waals surface area contributed by atoms with Crippen molar-refractivity contribution in [2.24, 2.45) is 0 Å². The van der Waals surface area contributed by atoms with Crippen molar-refractivity contribution in [3.63, 3.8) is 0 Å². The topological polar surface area (TPSA) is 42.0 Å². The number of aromatic nitrogens is 1. The summed E-state index contributed by atoms with van der Waals surface area (Å²) in [6, 6.07) is 16.1. The Morgan fingerprint density at radius 1 is 1.17 bits per heavy atom. The van der Waals surface area contributed by atoms with Gasteiger partial charge in [0, 0.05) is 16.5 Å². The number of hydrogen-bond donors (Lipinski definition) is 1. The second-order valence-electron chi connectivity index (χ2n) is 5.74. The van der Waals surface area contributed by atoms with Crippen LogP contribution in [0.2, 0.25) is 0 Å². The van der Waals surface area contributed by atoms with Gasteiger partial charge in [-0.25, -0.2) is 0 Å². The van der Waals surface area contributed by atoms with Crippen LogP contribution in [0.15, 0.2) is 59.6 Å². The molecule has 1 aliphatic heterocycles. The van der Waals surface area contributed by atoms with Gasteiger partial charge in [0.05, 0.1) is 16.5 Å². The molecule has 0 saturated carbocycles. The maximum absolute atomic E-state index is 12.7. The molecule has 0 saturated heterocycles. The van der Waals surface area contributed by atoms with E-state index in [9.17, 15) is 4.79 Å². The number of fused-ring (bicyclic) bond motifs is 2. The molecule has 3 nitrogen and oxygen atoms in total. The fourth-order valence-corrected chi connectivity index (χ4v) is 4.16. The molecule has 0 radical (unpaired) electrons. The smallest absolute Gasteiger partial charge is 0.238 e. The van der Waals surface area contributed by atoms with Crippen LogP contribution in [0.4, 0.5) is 5.69 Å². The molecule has 0 spiro atoms. The Balaban J connectivity index is 1.60. The van der Waals surface area contributed by atoms with Crippen LogP contribution in [0, 0.1) is 6.92 Å². The van der Waals surface area contributed by atoms with Gasteiger partial charge >= 0.3 is 0 Å². The maximum atomic E-state index is 12.7. The third-order valence-electron chi connectivity index (χ3n) is 4.17. The van der Waals surface area contributed by atoms with Crippen LogP contribution in [0.5, 0.6) is 0 Å². The minimum absolute atomic E-state index is 0.0557. The van der Waals surface area contributed by atoms with E-state index in [1.165, 1.54) is 10.5 Å². The van der Waals surface area contributed by atoms with Gasteiger partial charge in [0.1, 0.15) is 0 Å². The van der Waals surface area contributed by atoms with E-state index in [2.05, 4.69) is 22.4 Å². The van der Waals surface area contributed by atoms with E-state index in [4.69, 9.17) is 0 Å². The lowest BCUT2D eigenvalue weighted by molar-refractivity contribution is -0.115. The normalized spacial score (nSPS) is 16.3. The first-order valence-electron chi connectivity index (χ1n) is 7.62. The molecular formula is C19H16N2OS. The van der Waals surface area contributed by atoms with Crippen LogP contribution in [0.25, 0.3) is 10.9 Å². The predicted molar refractivity (Wildman–Crippen MR) is 94.9 cm³/mol. The van der Waals surface area contributed by atoms with Crippen molar-refractivity contribution in [3.05, 3.63) is 65.9 Å². The van der Waals surface area contributed by atoms with Crippen molar-refractivity contribution >= 4 is 34.3 Å². The number of thioether (sulfide) groups is 1. The van der Waals surface area contributed by atoms with Crippen LogP contribution in [-0.2, 0) is 11.2 Å². The summed E-state index contributed by atoms with van der Waals surface area (Å²) in [5.41, 5.74) is 4.14. The third-order valence-corrected chi connectivity index (χ3v) is 5.49. The summed E-state index contributed by atoms with van der Waals surface area (Å²) in [4.78, 5) is 18.3. The number of pyridine rings is 1. The average Bonchev–Trinajstić information content (AvgIpc) is 3.02. The summed E-state index contributed by atoms with van der Waals surface area (Å²) in [6.45, 7) is 2.03. The summed E-state index contributed by atoms with van der Waals surface area (Å²) in [5.74, 6) is 0.0557. The Labute approximate surface area is 139 Å². The van der Waals surface area contributed by atoms with Crippen LogP contribution < -0.4 is 5.32 Å². The van der Waals surface area contributed by atoms with Crippen LogP contribution in [0.3, 0.4) is 0 Å². The Morgan fingerprint density at radius 2 is 2.04 bits per heavy atom. The molecular weight excluding hydrogens is 304 g/mol. The van der Waals surface area contributed by atoms with Crippen LogP contribution in [-0.4, -0.2) is 16.1 Å². The van der Waals surface area contributed by atoms with Crippen molar-refractivity contribution in [2.45, 2.75) is 23.5 Å². The lowest BCUT2D eigenvalue weighted by Crippen LogP contribution is -2.24. The zero-order chi connectivity index (χ0) is 15.8. The Bertz CT molecular complexity index is 882. The van der Waals surface area contributed by atoms with E-state index in [1.54, 1.807) is 18.0 Å². The number of hydrogen-bond acceptors (Lipinski definition) is 3. The van der Waals surface area contributed by atoms with Gasteiger partial charge in [-0.15, -0.1) is 11.8 Å². The van der Waals surface area contributed by atoms with E-state index < -0.39 is 0 Å². The molecule has 4 rings (SSSR count). The molecule has 1 aromatic heterocycles. The van der Waals surface area contributed by atoms with Gasteiger partial charge in [-0.1, -0.05) is 24.3 Å². The molecule has 1 unspecified atom stereocenters. The maximum Gasteiger partial charge on any atom is 0.238 e. The summed E-state index contributed by atoms with van der Waals surface area (Å²) < 4.78 is 0. The second-order valence-corrected chi connectivity index (χ2v) is 6.98. The summed E-state index contributed by atoms with van der Waals surface area (Å²) in [5, 5.41) is 4.01. The highest BCUT2D eigenvalue weighted by Gasteiger charge is 2.28. The minimum Gasteiger partial charge on any atom is -0.324 e. The molecule has 0 bridgehead atoms. The fraction of sp³-hybridized carbons (Fsp3) is 0.158. The number of amides is 1. The monoisotopic (exact) mass is 320 g/mol. The molecule has 2 aromatic carbocycles. The molecule has 0 fully saturated rings. The first-order chi connectivity index (χ1) is 11.2. The van der Waals surface area contributed by atoms with E-state index in [1.807, 2.05) is 43.3 Å². The molecule has 1 aliphatic rings. The molecule has 0 aliphatic carbocycles. The molecule has 3 aromatic rings. The predicted octanol–water partition coefficient (Wildman–Crippen LogP) is 4.20. The van der Waals surface area contributed by atoms with E-state index >= 15 is 0 Å². The fourth-order valence-electron chi connectivity index (χ4n) is 2.96. The van der Waals surface area contributed by atoms with E-state index in [-0.39, 0.29) is 11.2 Å². The molecule has 4 heteroatoms. The average molecular weight is 320 g/mol. The van der Waals surface area contributed by atoms with Crippen molar-refractivity contribution < 1.29 is 4.79 Å². The largest absolute Gasteiger partial charge is 0.324 e. The number of anilines is 1. The lowest BCUT2D eigenvalue weighted by atomic mass is 10.1. The molecule has 114 valence electrons. The Morgan fingerprint density at radius 3 is 2.91 bits per heavy atom. The standard InChI is InChI=1S/C19H16N2OS/c1-12-8-9-15(14-6-4-10-20-18(12)14)21-19(22)17-11-13-5-2-3-7-16(13)23-17/h2-10,17H,11H2,1H3,(H,21,22). The second kappa shape index (κ2) is 5.70. The van der Waals surface area contributed by atoms with E-state index in [0.717, 1.165) is 28.6 Å². The number of carbonyl (C=O) groups is 1. The third kappa shape index (κ3) is 2.59. The Kier molecular flexibility index (Phi) is 3.54. The number of carbonyl (C=O) groups excluding carboxylic acids is 1. The quantitative estimate of drug-likeness (QED) is 0.769. The summed E-state index contributed by atoms with van der Waals surface area (Å²) >= 11 is 1.64. The number of nitrogens with zero attached hydrogens (tertiary/aromatic N) is 1. The summed E-state index contributed by atoms with van der Waals surface area (Å²) in [6.07, 6.45) is 2.57. The molecule has 1 amide bonds. The van der Waals surface area contributed by atoms with Crippen molar-refractivity contribution in [1.29, 1.82) is 0 Å². The number of aryl methyl sites for hydroxylation is 1. The highest BCUT2D eigenvalue weighted by Crippen LogP contribution is 2.37. The molecule has 2 heterocycles. The zero-order valence-corrected chi connectivity index (χ0v) is 13.6. The number of rotatable bonds is 2. The minimum atomic E-state index is -0.0691. The van der Waals surface area contributed by atoms with Gasteiger partial charge in [0.2, 0.25) is 5.91 Å². The number of benzene rings is 2. The van der Waals surface area contributed by atoms with Gasteiger partial charge in [-0.05, 0) is 48.7 Å². The SMILES string of the molecule is Cc1ccc(NC(=O)C2Cc3ccccc3S2)c2cccnc12. The van der Waals surface area contributed by atoms with Crippen LogP contribution >= 0.6 is 11.8 Å². The first-order valence-corrected chi connectivity index (χ1v) is 8.50. The number of nitrogens with one attached hydrogen (secondary N) is 1. The van der Waals surface area contributed by atoms with Gasteiger partial charge in [0.15, 0.2) is 0 Å². The molecule has 1 N–H and O–H groups in total. The highest BCUT2D eigenvalue weighted by molar-refractivity contribution is 8.01. The summed E-state index contributed by atoms with van der Waals surface area (Å²) in [7, 11) is 0. The Hall–Kier alpha value is -2.33. The van der Waals surface area contributed by atoms with E-state index in [0.29, 0.717) is 0 Å². The van der Waals surface area contributed by atoms with Gasteiger partial charge < -0.3 is 5.32 Å². The zero-order valence-electron chi connectivity index (χ0n) is 12.7. The van der Waals surface area contributed by atoms with Crippen molar-refractivity contribution in [2.75, 3.05) is 5.32 Å². The highest BCUT2D eigenvalue weighted by atomic mass is 32.2. The van der Waals surface area contributed by atoms with Gasteiger partial charge in [0.25, 0.3) is 0 Å². The first kappa shape index (κ1) is 14.3. The molecule has 23 heavy (non-hydrogen) atoms. The molecule has 1 atom stereocenters. The van der Waals surface area contributed by atoms with Gasteiger partial charge in [-0.2, -0.15) is 0 Å². The lowest BCUT2D eigenvalue weighted by Gasteiger charge is -2.13. The van der Waals surface area contributed by atoms with Crippen molar-refractivity contribution in [1.82, 2.24) is 4.98 Å². The van der Waals surface area contributed by atoms with Crippen molar-refractivity contribution in [3.8, 4) is 0 Å². The van der Waals surface area contributed by atoms with Gasteiger partial charge in [-0.3, -0.25) is 9.78 Å².